The van der Waals surface area contributed by atoms with Crippen LogP contribution in [0.5, 0.6) is 0 Å². The third kappa shape index (κ3) is 4.38. The second kappa shape index (κ2) is 7.28. The van der Waals surface area contributed by atoms with Crippen LogP contribution < -0.4 is 0 Å². The fourth-order valence-electron chi connectivity index (χ4n) is 4.55. The zero-order chi connectivity index (χ0) is 18.2. The quantitative estimate of drug-likeness (QED) is 0.777. The van der Waals surface area contributed by atoms with Crippen LogP contribution in [0.1, 0.15) is 79.1 Å². The van der Waals surface area contributed by atoms with Crippen LogP contribution in [-0.2, 0) is 9.59 Å². The number of rotatable bonds is 3. The van der Waals surface area contributed by atoms with E-state index in [4.69, 9.17) is 0 Å². The third-order valence-electron chi connectivity index (χ3n) is 6.35. The van der Waals surface area contributed by atoms with Crippen molar-refractivity contribution in [2.45, 2.75) is 91.1 Å². The first kappa shape index (κ1) is 18.7. The fraction of sp³-hybridized carbons (Fsp3) is 0.905. The molecule has 25 heavy (non-hydrogen) atoms. The van der Waals surface area contributed by atoms with Gasteiger partial charge in [0.05, 0.1) is 0 Å². The van der Waals surface area contributed by atoms with Crippen LogP contribution in [-0.4, -0.2) is 46.8 Å². The molecule has 0 unspecified atom stereocenters. The standard InChI is InChI=1S/C21H36N2O2/c1-15-5-7-17(8-6-15)23(18-9-10-18)19(24)16-11-13-22(14-12-16)20(25)21(2,3)4/h15-18H,5-14H2,1-4H3. The van der Waals surface area contributed by atoms with E-state index in [1.54, 1.807) is 0 Å². The Labute approximate surface area is 153 Å². The number of carbonyl (C=O) groups excluding carboxylic acids is 2. The molecule has 1 saturated heterocycles. The van der Waals surface area contributed by atoms with E-state index in [9.17, 15) is 9.59 Å². The normalized spacial score (nSPS) is 28.7. The number of amides is 2. The molecule has 3 rings (SSSR count). The number of hydrogen-bond acceptors (Lipinski definition) is 2. The summed E-state index contributed by atoms with van der Waals surface area (Å²) in [6.45, 7) is 9.75. The molecule has 0 aromatic carbocycles. The maximum Gasteiger partial charge on any atom is 0.227 e. The lowest BCUT2D eigenvalue weighted by atomic mass is 9.85. The van der Waals surface area contributed by atoms with Gasteiger partial charge in [-0.2, -0.15) is 0 Å². The summed E-state index contributed by atoms with van der Waals surface area (Å²) < 4.78 is 0. The Morgan fingerprint density at radius 1 is 0.840 bits per heavy atom. The van der Waals surface area contributed by atoms with Gasteiger partial charge in [-0.1, -0.05) is 27.7 Å². The summed E-state index contributed by atoms with van der Waals surface area (Å²) in [7, 11) is 0. The lowest BCUT2D eigenvalue weighted by molar-refractivity contribution is -0.146. The molecule has 142 valence electrons. The first-order valence-corrected chi connectivity index (χ1v) is 10.4. The van der Waals surface area contributed by atoms with Crippen molar-refractivity contribution in [1.29, 1.82) is 0 Å². The molecule has 4 nitrogen and oxygen atoms in total. The molecule has 0 atom stereocenters. The third-order valence-corrected chi connectivity index (χ3v) is 6.35. The largest absolute Gasteiger partial charge is 0.342 e. The van der Waals surface area contributed by atoms with Crippen molar-refractivity contribution in [3.8, 4) is 0 Å². The van der Waals surface area contributed by atoms with Gasteiger partial charge in [0.25, 0.3) is 0 Å². The molecule has 0 radical (unpaired) electrons. The van der Waals surface area contributed by atoms with Crippen molar-refractivity contribution in [2.75, 3.05) is 13.1 Å². The van der Waals surface area contributed by atoms with E-state index in [0.717, 1.165) is 31.8 Å². The molecule has 0 spiro atoms. The average Bonchev–Trinajstić information content (AvgIpc) is 3.40. The van der Waals surface area contributed by atoms with Gasteiger partial charge < -0.3 is 9.80 Å². The summed E-state index contributed by atoms with van der Waals surface area (Å²) in [5.41, 5.74) is -0.324. The van der Waals surface area contributed by atoms with E-state index >= 15 is 0 Å². The monoisotopic (exact) mass is 348 g/mol. The number of likely N-dealkylation sites (tertiary alicyclic amines) is 1. The zero-order valence-corrected chi connectivity index (χ0v) is 16.6. The van der Waals surface area contributed by atoms with Gasteiger partial charge >= 0.3 is 0 Å². The molecule has 0 N–H and O–H groups in total. The highest BCUT2D eigenvalue weighted by molar-refractivity contribution is 5.83. The molecule has 0 aromatic rings. The lowest BCUT2D eigenvalue weighted by Crippen LogP contribution is -2.50. The van der Waals surface area contributed by atoms with E-state index in [0.29, 0.717) is 18.0 Å². The molecule has 1 aliphatic heterocycles. The molecule has 2 amide bonds. The van der Waals surface area contributed by atoms with Crippen molar-refractivity contribution >= 4 is 11.8 Å². The summed E-state index contributed by atoms with van der Waals surface area (Å²) in [5, 5.41) is 0. The van der Waals surface area contributed by atoms with Crippen molar-refractivity contribution in [2.24, 2.45) is 17.3 Å². The Balaban J connectivity index is 1.58. The maximum atomic E-state index is 13.3. The van der Waals surface area contributed by atoms with Gasteiger partial charge in [-0.25, -0.2) is 0 Å². The van der Waals surface area contributed by atoms with Gasteiger partial charge in [-0.15, -0.1) is 0 Å². The van der Waals surface area contributed by atoms with Gasteiger partial charge in [0.15, 0.2) is 0 Å². The topological polar surface area (TPSA) is 40.6 Å². The number of hydrogen-bond donors (Lipinski definition) is 0. The molecule has 3 aliphatic rings. The molecule has 2 saturated carbocycles. The van der Waals surface area contributed by atoms with E-state index in [1.807, 2.05) is 25.7 Å². The lowest BCUT2D eigenvalue weighted by Gasteiger charge is -2.41. The Morgan fingerprint density at radius 2 is 1.32 bits per heavy atom. The van der Waals surface area contributed by atoms with Crippen molar-refractivity contribution in [3.05, 3.63) is 0 Å². The second-order valence-electron chi connectivity index (χ2n) is 9.71. The number of carbonyl (C=O) groups is 2. The van der Waals surface area contributed by atoms with Crippen LogP contribution in [0.25, 0.3) is 0 Å². The summed E-state index contributed by atoms with van der Waals surface area (Å²) in [4.78, 5) is 30.0. The molecular formula is C21H36N2O2. The van der Waals surface area contributed by atoms with Crippen LogP contribution in [0.2, 0.25) is 0 Å². The highest BCUT2D eigenvalue weighted by Gasteiger charge is 2.42. The summed E-state index contributed by atoms with van der Waals surface area (Å²) >= 11 is 0. The minimum absolute atomic E-state index is 0.129. The molecule has 2 aliphatic carbocycles. The van der Waals surface area contributed by atoms with Crippen molar-refractivity contribution < 1.29 is 9.59 Å². The maximum absolute atomic E-state index is 13.3. The minimum atomic E-state index is -0.324. The van der Waals surface area contributed by atoms with Crippen molar-refractivity contribution in [3.63, 3.8) is 0 Å². The van der Waals surface area contributed by atoms with E-state index in [-0.39, 0.29) is 17.2 Å². The number of piperidine rings is 1. The van der Waals surface area contributed by atoms with Gasteiger partial charge in [0.1, 0.15) is 0 Å². The van der Waals surface area contributed by atoms with Crippen LogP contribution in [0.4, 0.5) is 0 Å². The van der Waals surface area contributed by atoms with E-state index in [1.165, 1.54) is 38.5 Å². The SMILES string of the molecule is CC1CCC(N(C(=O)C2CCN(C(=O)C(C)(C)C)CC2)C2CC2)CC1. The molecular weight excluding hydrogens is 312 g/mol. The van der Waals surface area contributed by atoms with Crippen LogP contribution in [0, 0.1) is 17.3 Å². The van der Waals surface area contributed by atoms with Gasteiger partial charge in [-0.05, 0) is 57.3 Å². The minimum Gasteiger partial charge on any atom is -0.342 e. The smallest absolute Gasteiger partial charge is 0.227 e. The highest BCUT2D eigenvalue weighted by atomic mass is 16.2. The predicted molar refractivity (Wildman–Crippen MR) is 100 cm³/mol. The van der Waals surface area contributed by atoms with Crippen molar-refractivity contribution in [1.82, 2.24) is 9.80 Å². The van der Waals surface area contributed by atoms with Gasteiger partial charge in [-0.3, -0.25) is 9.59 Å². The molecule has 4 heteroatoms. The van der Waals surface area contributed by atoms with Gasteiger partial charge in [0.2, 0.25) is 11.8 Å². The van der Waals surface area contributed by atoms with Crippen LogP contribution >= 0.6 is 0 Å². The van der Waals surface area contributed by atoms with Crippen LogP contribution in [0.3, 0.4) is 0 Å². The van der Waals surface area contributed by atoms with E-state index in [2.05, 4.69) is 11.8 Å². The Hall–Kier alpha value is -1.06. The van der Waals surface area contributed by atoms with Gasteiger partial charge in [0, 0.05) is 36.5 Å². The summed E-state index contributed by atoms with van der Waals surface area (Å²) in [6.07, 6.45) is 8.97. The summed E-state index contributed by atoms with van der Waals surface area (Å²) in [6, 6.07) is 0.991. The summed E-state index contributed by atoms with van der Waals surface area (Å²) in [5.74, 6) is 1.56. The molecule has 0 bridgehead atoms. The van der Waals surface area contributed by atoms with Crippen LogP contribution in [0.15, 0.2) is 0 Å². The first-order chi connectivity index (χ1) is 11.8. The predicted octanol–water partition coefficient (Wildman–Crippen LogP) is 3.84. The fourth-order valence-corrected chi connectivity index (χ4v) is 4.55. The molecule has 0 aromatic heterocycles. The first-order valence-electron chi connectivity index (χ1n) is 10.4. The Kier molecular flexibility index (Phi) is 5.45. The highest BCUT2D eigenvalue weighted by Crippen LogP contribution is 2.37. The average molecular weight is 349 g/mol. The Morgan fingerprint density at radius 3 is 1.76 bits per heavy atom. The van der Waals surface area contributed by atoms with E-state index < -0.39 is 0 Å². The Bertz CT molecular complexity index is 491. The second-order valence-corrected chi connectivity index (χ2v) is 9.71. The number of nitrogens with zero attached hydrogens (tertiary/aromatic N) is 2. The molecule has 3 fully saturated rings. The molecule has 1 heterocycles. The zero-order valence-electron chi connectivity index (χ0n) is 16.6.